The third-order valence-electron chi connectivity index (χ3n) is 4.13. The van der Waals surface area contributed by atoms with Crippen LogP contribution >= 0.6 is 0 Å². The molecule has 0 radical (unpaired) electrons. The normalized spacial score (nSPS) is 13.1. The largest absolute Gasteiger partial charge is 0.486 e. The number of hydrogen-bond acceptors (Lipinski definition) is 6. The Morgan fingerprint density at radius 2 is 1.85 bits per heavy atom. The first-order chi connectivity index (χ1) is 13.1. The fourth-order valence-electron chi connectivity index (χ4n) is 2.88. The van der Waals surface area contributed by atoms with Crippen LogP contribution in [0, 0.1) is 5.82 Å². The van der Waals surface area contributed by atoms with Crippen molar-refractivity contribution in [3.63, 3.8) is 0 Å². The molecule has 3 aromatic rings. The topological polar surface area (TPSA) is 69.7 Å². The summed E-state index contributed by atoms with van der Waals surface area (Å²) in [4.78, 5) is 14.0. The highest BCUT2D eigenvalue weighted by molar-refractivity contribution is 5.51. The Morgan fingerprint density at radius 3 is 2.63 bits per heavy atom. The Balaban J connectivity index is 1.46. The highest BCUT2D eigenvalue weighted by atomic mass is 19.1. The summed E-state index contributed by atoms with van der Waals surface area (Å²) in [5.74, 6) is 0.699. The van der Waals surface area contributed by atoms with Crippen LogP contribution in [0.15, 0.2) is 51.7 Å². The summed E-state index contributed by atoms with van der Waals surface area (Å²) >= 11 is 0. The van der Waals surface area contributed by atoms with E-state index in [0.29, 0.717) is 25.3 Å². The van der Waals surface area contributed by atoms with Crippen molar-refractivity contribution in [2.75, 3.05) is 20.3 Å². The van der Waals surface area contributed by atoms with E-state index in [0.717, 1.165) is 17.1 Å². The Bertz CT molecular complexity index is 997. The van der Waals surface area contributed by atoms with Crippen molar-refractivity contribution < 1.29 is 18.3 Å². The zero-order valence-electron chi connectivity index (χ0n) is 14.7. The predicted molar refractivity (Wildman–Crippen MR) is 95.1 cm³/mol. The van der Waals surface area contributed by atoms with Gasteiger partial charge in [-0.25, -0.2) is 9.18 Å². The fourth-order valence-corrected chi connectivity index (χ4v) is 2.88. The number of nitrogens with zero attached hydrogens (tertiary/aromatic N) is 3. The van der Waals surface area contributed by atoms with Crippen LogP contribution in [0.25, 0.3) is 11.5 Å². The van der Waals surface area contributed by atoms with Gasteiger partial charge in [0.05, 0.1) is 0 Å². The number of benzene rings is 2. The second-order valence-corrected chi connectivity index (χ2v) is 6.31. The van der Waals surface area contributed by atoms with E-state index in [-0.39, 0.29) is 18.4 Å². The van der Waals surface area contributed by atoms with Gasteiger partial charge in [-0.2, -0.15) is 4.68 Å². The molecule has 0 atom stereocenters. The number of hydrogen-bond donors (Lipinski definition) is 0. The first-order valence-corrected chi connectivity index (χ1v) is 8.49. The molecule has 0 fully saturated rings. The van der Waals surface area contributed by atoms with Gasteiger partial charge in [-0.15, -0.1) is 5.10 Å². The summed E-state index contributed by atoms with van der Waals surface area (Å²) in [5, 5.41) is 4.19. The molecule has 0 saturated carbocycles. The average Bonchev–Trinajstić information content (AvgIpc) is 3.02. The minimum atomic E-state index is -0.566. The van der Waals surface area contributed by atoms with Gasteiger partial charge in [-0.1, -0.05) is 6.07 Å². The second kappa shape index (κ2) is 7.24. The van der Waals surface area contributed by atoms with Crippen LogP contribution in [0.5, 0.6) is 11.5 Å². The van der Waals surface area contributed by atoms with E-state index in [9.17, 15) is 9.18 Å². The van der Waals surface area contributed by atoms with Crippen LogP contribution in [0.3, 0.4) is 0 Å². The Morgan fingerprint density at radius 1 is 1.11 bits per heavy atom. The van der Waals surface area contributed by atoms with Gasteiger partial charge < -0.3 is 13.9 Å². The summed E-state index contributed by atoms with van der Waals surface area (Å²) < 4.78 is 30.5. The highest BCUT2D eigenvalue weighted by Crippen LogP contribution is 2.31. The van der Waals surface area contributed by atoms with Crippen LogP contribution < -0.4 is 15.2 Å². The van der Waals surface area contributed by atoms with Gasteiger partial charge in [0.25, 0.3) is 0 Å². The highest BCUT2D eigenvalue weighted by Gasteiger charge is 2.14. The third kappa shape index (κ3) is 3.85. The van der Waals surface area contributed by atoms with Gasteiger partial charge in [0.1, 0.15) is 25.7 Å². The number of fused-ring (bicyclic) bond motifs is 1. The molecule has 2 heterocycles. The lowest BCUT2D eigenvalue weighted by Gasteiger charge is -2.20. The lowest BCUT2D eigenvalue weighted by molar-refractivity contribution is 0.171. The third-order valence-corrected chi connectivity index (χ3v) is 4.13. The average molecular weight is 371 g/mol. The van der Waals surface area contributed by atoms with Crippen LogP contribution in [-0.2, 0) is 13.2 Å². The maximum Gasteiger partial charge on any atom is 0.438 e. The number of ether oxygens (including phenoxy) is 2. The molecular formula is C19H18FN3O4. The molecule has 7 nitrogen and oxygen atoms in total. The van der Waals surface area contributed by atoms with Gasteiger partial charge in [-0.3, -0.25) is 4.90 Å². The lowest BCUT2D eigenvalue weighted by Crippen LogP contribution is -2.28. The molecule has 140 valence electrons. The Kier molecular flexibility index (Phi) is 4.64. The zero-order chi connectivity index (χ0) is 18.8. The van der Waals surface area contributed by atoms with Crippen molar-refractivity contribution in [1.29, 1.82) is 0 Å². The summed E-state index contributed by atoms with van der Waals surface area (Å²) in [6, 6.07) is 11.4. The van der Waals surface area contributed by atoms with Crippen molar-refractivity contribution in [1.82, 2.24) is 14.7 Å². The maximum absolute atomic E-state index is 13.0. The fraction of sp³-hybridized carbons (Fsp3) is 0.263. The van der Waals surface area contributed by atoms with Gasteiger partial charge in [-0.05, 0) is 49.0 Å². The minimum Gasteiger partial charge on any atom is -0.486 e. The number of aromatic nitrogens is 2. The molecule has 0 N–H and O–H groups in total. The van der Waals surface area contributed by atoms with E-state index in [4.69, 9.17) is 13.9 Å². The molecular weight excluding hydrogens is 353 g/mol. The van der Waals surface area contributed by atoms with Crippen molar-refractivity contribution in [2.45, 2.75) is 13.2 Å². The Hall–Kier alpha value is -3.13. The van der Waals surface area contributed by atoms with Gasteiger partial charge >= 0.3 is 5.76 Å². The molecule has 8 heteroatoms. The van der Waals surface area contributed by atoms with Gasteiger partial charge in [0.2, 0.25) is 5.89 Å². The standard InChI is InChI=1S/C19H18FN3O4/c1-22(11-13-2-7-16-17(10-13)26-9-8-25-16)12-23-19(24)27-18(21-23)14-3-5-15(20)6-4-14/h2-7,10H,8-9,11-12H2,1H3. The Labute approximate surface area is 154 Å². The van der Waals surface area contributed by atoms with Crippen LogP contribution in [0.1, 0.15) is 5.56 Å². The summed E-state index contributed by atoms with van der Waals surface area (Å²) in [6.45, 7) is 1.92. The van der Waals surface area contributed by atoms with Crippen LogP contribution in [0.2, 0.25) is 0 Å². The molecule has 4 rings (SSSR count). The molecule has 0 amide bonds. The summed E-state index contributed by atoms with van der Waals surface area (Å²) in [7, 11) is 1.87. The molecule has 0 spiro atoms. The first-order valence-electron chi connectivity index (χ1n) is 8.49. The van der Waals surface area contributed by atoms with Crippen molar-refractivity contribution in [2.24, 2.45) is 0 Å². The second-order valence-electron chi connectivity index (χ2n) is 6.31. The predicted octanol–water partition coefficient (Wildman–Crippen LogP) is 2.50. The van der Waals surface area contributed by atoms with Crippen LogP contribution in [-0.4, -0.2) is 34.9 Å². The first kappa shape index (κ1) is 17.3. The molecule has 27 heavy (non-hydrogen) atoms. The van der Waals surface area contributed by atoms with E-state index in [1.807, 2.05) is 30.1 Å². The summed E-state index contributed by atoms with van der Waals surface area (Å²) in [5.41, 5.74) is 1.57. The maximum atomic E-state index is 13.0. The molecule has 0 unspecified atom stereocenters. The molecule has 0 bridgehead atoms. The van der Waals surface area contributed by atoms with Crippen molar-refractivity contribution in [3.8, 4) is 23.0 Å². The van der Waals surface area contributed by atoms with E-state index >= 15 is 0 Å². The van der Waals surface area contributed by atoms with Crippen molar-refractivity contribution in [3.05, 3.63) is 64.4 Å². The molecule has 0 saturated heterocycles. The monoisotopic (exact) mass is 371 g/mol. The van der Waals surface area contributed by atoms with Crippen molar-refractivity contribution >= 4 is 0 Å². The smallest absolute Gasteiger partial charge is 0.438 e. The minimum absolute atomic E-state index is 0.160. The molecule has 1 aliphatic rings. The molecule has 0 aliphatic carbocycles. The van der Waals surface area contributed by atoms with E-state index in [1.165, 1.54) is 28.9 Å². The van der Waals surface area contributed by atoms with Gasteiger partial charge in [0, 0.05) is 12.1 Å². The molecule has 1 aromatic heterocycles. The molecule has 1 aliphatic heterocycles. The van der Waals surface area contributed by atoms with E-state index in [1.54, 1.807) is 0 Å². The van der Waals surface area contributed by atoms with Crippen LogP contribution in [0.4, 0.5) is 4.39 Å². The molecule has 2 aromatic carbocycles. The zero-order valence-corrected chi connectivity index (χ0v) is 14.7. The van der Waals surface area contributed by atoms with Gasteiger partial charge in [0.15, 0.2) is 11.5 Å². The van der Waals surface area contributed by atoms with E-state index < -0.39 is 5.76 Å². The van der Waals surface area contributed by atoms with E-state index in [2.05, 4.69) is 5.10 Å². The summed E-state index contributed by atoms with van der Waals surface area (Å²) in [6.07, 6.45) is 0. The number of rotatable bonds is 5. The quantitative estimate of drug-likeness (QED) is 0.686. The number of halogens is 1. The SMILES string of the molecule is CN(Cc1ccc2c(c1)OCCO2)Cn1nc(-c2ccc(F)cc2)oc1=O. The lowest BCUT2D eigenvalue weighted by atomic mass is 10.2.